The van der Waals surface area contributed by atoms with Crippen LogP contribution < -0.4 is 5.32 Å². The second kappa shape index (κ2) is 6.61. The number of carbonyl (C=O) groups excluding carboxylic acids is 1. The van der Waals surface area contributed by atoms with Gasteiger partial charge in [-0.15, -0.1) is 0 Å². The second-order valence-corrected chi connectivity index (χ2v) is 5.80. The molecule has 2 rings (SSSR count). The predicted molar refractivity (Wildman–Crippen MR) is 75.0 cm³/mol. The van der Waals surface area contributed by atoms with Gasteiger partial charge in [0.2, 0.25) is 5.91 Å². The first-order valence-corrected chi connectivity index (χ1v) is 7.50. The molecule has 0 unspecified atom stereocenters. The number of carboxylic acid groups (broad SMARTS) is 1. The maximum absolute atomic E-state index is 12.1. The molecule has 1 fully saturated rings. The van der Waals surface area contributed by atoms with Crippen LogP contribution in [-0.2, 0) is 9.59 Å². The summed E-state index contributed by atoms with van der Waals surface area (Å²) in [6, 6.07) is 7.85. The van der Waals surface area contributed by atoms with Gasteiger partial charge in [-0.05, 0) is 29.9 Å². The number of benzene rings is 1. The lowest BCUT2D eigenvalue weighted by Gasteiger charge is -2.23. The lowest BCUT2D eigenvalue weighted by atomic mass is 10.00. The zero-order valence-electron chi connectivity index (χ0n) is 10.5. The average molecular weight is 279 g/mol. The molecule has 0 spiro atoms. The fraction of sp³-hybridized carbons (Fsp3) is 0.429. The number of amides is 1. The van der Waals surface area contributed by atoms with E-state index in [1.807, 2.05) is 17.8 Å². The van der Waals surface area contributed by atoms with Gasteiger partial charge in [0.1, 0.15) is 0 Å². The third kappa shape index (κ3) is 3.73. The van der Waals surface area contributed by atoms with Crippen LogP contribution in [0.5, 0.6) is 0 Å². The molecule has 1 aromatic carbocycles. The van der Waals surface area contributed by atoms with Crippen LogP contribution in [0, 0.1) is 5.92 Å². The lowest BCUT2D eigenvalue weighted by molar-refractivity contribution is -0.142. The molecule has 102 valence electrons. The standard InChI is InChI=1S/C14H17NO3S/c16-13(11-6-8-19-9-7-11)15-12(14(17)18)10-4-2-1-3-5-10/h1-5,11-12H,6-9H2,(H,15,16)(H,17,18)/t12-/m0/s1. The molecule has 4 nitrogen and oxygen atoms in total. The molecule has 1 heterocycles. The molecule has 5 heteroatoms. The van der Waals surface area contributed by atoms with Crippen molar-refractivity contribution in [2.75, 3.05) is 11.5 Å². The molecule has 1 aliphatic heterocycles. The van der Waals surface area contributed by atoms with Crippen LogP contribution in [0.4, 0.5) is 0 Å². The predicted octanol–water partition coefficient (Wildman–Crippen LogP) is 2.07. The number of carboxylic acids is 1. The Bertz CT molecular complexity index is 443. The molecule has 1 saturated heterocycles. The minimum Gasteiger partial charge on any atom is -0.479 e. The van der Waals surface area contributed by atoms with E-state index >= 15 is 0 Å². The molecule has 1 amide bonds. The van der Waals surface area contributed by atoms with Crippen LogP contribution in [0.3, 0.4) is 0 Å². The molecule has 0 aromatic heterocycles. The Balaban J connectivity index is 2.04. The summed E-state index contributed by atoms with van der Waals surface area (Å²) < 4.78 is 0. The van der Waals surface area contributed by atoms with Crippen LogP contribution in [-0.4, -0.2) is 28.5 Å². The van der Waals surface area contributed by atoms with Crippen molar-refractivity contribution in [1.29, 1.82) is 0 Å². The van der Waals surface area contributed by atoms with Crippen molar-refractivity contribution in [3.63, 3.8) is 0 Å². The zero-order chi connectivity index (χ0) is 13.7. The molecule has 0 aliphatic carbocycles. The Morgan fingerprint density at radius 1 is 1.21 bits per heavy atom. The largest absolute Gasteiger partial charge is 0.479 e. The van der Waals surface area contributed by atoms with Gasteiger partial charge in [-0.3, -0.25) is 4.79 Å². The van der Waals surface area contributed by atoms with Crippen LogP contribution in [0.1, 0.15) is 24.4 Å². The number of aliphatic carboxylic acids is 1. The average Bonchev–Trinajstić information content (AvgIpc) is 2.46. The van der Waals surface area contributed by atoms with E-state index in [9.17, 15) is 14.7 Å². The first kappa shape index (κ1) is 13.9. The summed E-state index contributed by atoms with van der Waals surface area (Å²) in [6.45, 7) is 0. The van der Waals surface area contributed by atoms with E-state index in [0.29, 0.717) is 5.56 Å². The van der Waals surface area contributed by atoms with E-state index in [4.69, 9.17) is 0 Å². The van der Waals surface area contributed by atoms with Gasteiger partial charge in [-0.2, -0.15) is 11.8 Å². The normalized spacial score (nSPS) is 17.7. The molecule has 0 radical (unpaired) electrons. The maximum Gasteiger partial charge on any atom is 0.330 e. The molecular weight excluding hydrogens is 262 g/mol. The summed E-state index contributed by atoms with van der Waals surface area (Å²) >= 11 is 1.84. The molecule has 1 aliphatic rings. The van der Waals surface area contributed by atoms with Crippen molar-refractivity contribution < 1.29 is 14.7 Å². The third-order valence-electron chi connectivity index (χ3n) is 3.26. The van der Waals surface area contributed by atoms with E-state index < -0.39 is 12.0 Å². The third-order valence-corrected chi connectivity index (χ3v) is 4.31. The van der Waals surface area contributed by atoms with Crippen LogP contribution in [0.2, 0.25) is 0 Å². The first-order chi connectivity index (χ1) is 9.18. The summed E-state index contributed by atoms with van der Waals surface area (Å²) in [6.07, 6.45) is 1.66. The van der Waals surface area contributed by atoms with Crippen molar-refractivity contribution >= 4 is 23.6 Å². The summed E-state index contributed by atoms with van der Waals surface area (Å²) in [7, 11) is 0. The van der Waals surface area contributed by atoms with Crippen LogP contribution in [0.15, 0.2) is 30.3 Å². The minimum absolute atomic E-state index is 0.0492. The van der Waals surface area contributed by atoms with Crippen molar-refractivity contribution in [3.8, 4) is 0 Å². The SMILES string of the molecule is O=C(N[C@H](C(=O)O)c1ccccc1)C1CCSCC1. The van der Waals surface area contributed by atoms with Crippen molar-refractivity contribution in [2.24, 2.45) is 5.92 Å². The Labute approximate surface area is 116 Å². The summed E-state index contributed by atoms with van der Waals surface area (Å²) in [4.78, 5) is 23.4. The van der Waals surface area contributed by atoms with Crippen molar-refractivity contribution in [3.05, 3.63) is 35.9 Å². The van der Waals surface area contributed by atoms with Gasteiger partial charge in [-0.25, -0.2) is 4.79 Å². The van der Waals surface area contributed by atoms with Crippen LogP contribution in [0.25, 0.3) is 0 Å². The lowest BCUT2D eigenvalue weighted by Crippen LogP contribution is -2.38. The number of rotatable bonds is 4. The summed E-state index contributed by atoms with van der Waals surface area (Å²) in [5, 5.41) is 11.9. The Kier molecular flexibility index (Phi) is 4.85. The number of carbonyl (C=O) groups is 2. The molecular formula is C14H17NO3S. The maximum atomic E-state index is 12.1. The molecule has 1 atom stereocenters. The molecule has 1 aromatic rings. The Morgan fingerprint density at radius 3 is 2.42 bits per heavy atom. The smallest absolute Gasteiger partial charge is 0.330 e. The monoisotopic (exact) mass is 279 g/mol. The molecule has 19 heavy (non-hydrogen) atoms. The number of thioether (sulfide) groups is 1. The van der Waals surface area contributed by atoms with Crippen molar-refractivity contribution in [1.82, 2.24) is 5.32 Å². The summed E-state index contributed by atoms with van der Waals surface area (Å²) in [5.41, 5.74) is 0.605. The van der Waals surface area contributed by atoms with Gasteiger partial charge in [0.15, 0.2) is 6.04 Å². The Morgan fingerprint density at radius 2 is 1.84 bits per heavy atom. The highest BCUT2D eigenvalue weighted by Gasteiger charge is 2.27. The van der Waals surface area contributed by atoms with Gasteiger partial charge in [0, 0.05) is 5.92 Å². The molecule has 0 bridgehead atoms. The minimum atomic E-state index is -1.02. The van der Waals surface area contributed by atoms with E-state index in [-0.39, 0.29) is 11.8 Å². The Hall–Kier alpha value is -1.49. The highest BCUT2D eigenvalue weighted by molar-refractivity contribution is 7.99. The van der Waals surface area contributed by atoms with Crippen molar-refractivity contribution in [2.45, 2.75) is 18.9 Å². The van der Waals surface area contributed by atoms with Gasteiger partial charge in [-0.1, -0.05) is 30.3 Å². The van der Waals surface area contributed by atoms with E-state index in [0.717, 1.165) is 24.3 Å². The van der Waals surface area contributed by atoms with E-state index in [1.165, 1.54) is 0 Å². The molecule has 0 saturated carbocycles. The number of hydrogen-bond donors (Lipinski definition) is 2. The van der Waals surface area contributed by atoms with Gasteiger partial charge >= 0.3 is 5.97 Å². The van der Waals surface area contributed by atoms with E-state index in [1.54, 1.807) is 24.3 Å². The van der Waals surface area contributed by atoms with Gasteiger partial charge in [0.25, 0.3) is 0 Å². The zero-order valence-corrected chi connectivity index (χ0v) is 11.4. The fourth-order valence-corrected chi connectivity index (χ4v) is 3.26. The number of hydrogen-bond acceptors (Lipinski definition) is 3. The highest BCUT2D eigenvalue weighted by atomic mass is 32.2. The fourth-order valence-electron chi connectivity index (χ4n) is 2.15. The first-order valence-electron chi connectivity index (χ1n) is 6.34. The molecule has 2 N–H and O–H groups in total. The van der Waals surface area contributed by atoms with Gasteiger partial charge in [0.05, 0.1) is 0 Å². The van der Waals surface area contributed by atoms with Crippen LogP contribution >= 0.6 is 11.8 Å². The second-order valence-electron chi connectivity index (χ2n) is 4.58. The summed E-state index contributed by atoms with van der Waals surface area (Å²) in [5.74, 6) is 0.732. The number of nitrogens with one attached hydrogen (secondary N) is 1. The highest BCUT2D eigenvalue weighted by Crippen LogP contribution is 2.24. The van der Waals surface area contributed by atoms with E-state index in [2.05, 4.69) is 5.32 Å². The topological polar surface area (TPSA) is 66.4 Å². The van der Waals surface area contributed by atoms with Gasteiger partial charge < -0.3 is 10.4 Å². The quantitative estimate of drug-likeness (QED) is 0.885.